The van der Waals surface area contributed by atoms with Crippen molar-refractivity contribution in [3.63, 3.8) is 0 Å². The van der Waals surface area contributed by atoms with E-state index in [9.17, 15) is 6.85 Å². The van der Waals surface area contributed by atoms with Gasteiger partial charge in [0.05, 0.1) is 0 Å². The average Bonchev–Trinajstić information content (AvgIpc) is 4.02. The molecule has 4 aliphatic rings. The summed E-state index contributed by atoms with van der Waals surface area (Å²) >= 11 is 0. The van der Waals surface area contributed by atoms with Crippen molar-refractivity contribution in [2.24, 2.45) is 0 Å². The summed E-state index contributed by atoms with van der Waals surface area (Å²) in [6.45, 7) is -6.88. The van der Waals surface area contributed by atoms with Gasteiger partial charge in [0, 0.05) is 53.7 Å². The van der Waals surface area contributed by atoms with Crippen molar-refractivity contribution in [3.05, 3.63) is 191 Å². The molecule has 1 atom stereocenters. The SMILES string of the molecule is [2H]C1(c2ccc3c(c2)Oc2c(ccc(C4([2H])CCCC4)c2-c2cccc([Si](c4ccccc4)(c4ccccc4)c4cccc5c4Oc4ccccc4C5(C([2H])([2H])[2H])C([2H])([2H])[2H])c2)C3(C)C([2H])([2H])[2H])CCCC1. The highest BCUT2D eigenvalue weighted by atomic mass is 28.3. The van der Waals surface area contributed by atoms with Crippen molar-refractivity contribution in [2.75, 3.05) is 0 Å². The molecule has 2 aliphatic heterocycles. The van der Waals surface area contributed by atoms with Crippen LogP contribution in [0.1, 0.15) is 139 Å². The zero-order chi connectivity index (χ0) is 50.7. The van der Waals surface area contributed by atoms with Gasteiger partial charge in [0.15, 0.2) is 8.07 Å². The molecule has 0 bridgehead atoms. The van der Waals surface area contributed by atoms with Gasteiger partial charge < -0.3 is 9.47 Å². The van der Waals surface area contributed by atoms with Gasteiger partial charge in [0.25, 0.3) is 0 Å². The van der Waals surface area contributed by atoms with E-state index in [2.05, 4.69) is 36.4 Å². The van der Waals surface area contributed by atoms with E-state index in [4.69, 9.17) is 17.7 Å². The van der Waals surface area contributed by atoms with E-state index in [0.717, 1.165) is 52.4 Å². The number of fused-ring (bicyclic) bond motifs is 4. The van der Waals surface area contributed by atoms with Crippen LogP contribution < -0.4 is 30.2 Å². The van der Waals surface area contributed by atoms with Gasteiger partial charge in [0.2, 0.25) is 0 Å². The second kappa shape index (κ2) is 14.8. The number of benzene rings is 7. The number of rotatable bonds is 7. The van der Waals surface area contributed by atoms with E-state index < -0.39 is 51.2 Å². The van der Waals surface area contributed by atoms with Crippen LogP contribution in [0.3, 0.4) is 0 Å². The molecule has 2 saturated carbocycles. The maximum Gasteiger partial charge on any atom is 0.184 e. The minimum atomic E-state index is -3.79. The van der Waals surface area contributed by atoms with Gasteiger partial charge in [-0.2, -0.15) is 0 Å². The third-order valence-corrected chi connectivity index (χ3v) is 18.7. The van der Waals surface area contributed by atoms with Crippen molar-refractivity contribution in [1.29, 1.82) is 0 Å². The van der Waals surface area contributed by atoms with Crippen LogP contribution in [0.2, 0.25) is 0 Å². The van der Waals surface area contributed by atoms with E-state index in [1.165, 1.54) is 0 Å². The minimum absolute atomic E-state index is 0.0536. The highest BCUT2D eigenvalue weighted by Crippen LogP contribution is 2.55. The predicted molar refractivity (Wildman–Crippen MR) is 255 cm³/mol. The van der Waals surface area contributed by atoms with E-state index in [1.54, 1.807) is 43.3 Å². The van der Waals surface area contributed by atoms with E-state index in [0.29, 0.717) is 64.6 Å². The summed E-state index contributed by atoms with van der Waals surface area (Å²) in [6.07, 6.45) is 6.21. The Morgan fingerprint density at radius 3 is 1.80 bits per heavy atom. The highest BCUT2D eigenvalue weighted by Gasteiger charge is 2.47. The van der Waals surface area contributed by atoms with Crippen LogP contribution in [-0.4, -0.2) is 8.07 Å². The molecule has 304 valence electrons. The molecule has 0 amide bonds. The zero-order valence-corrected chi connectivity index (χ0v) is 35.5. The lowest BCUT2D eigenvalue weighted by molar-refractivity contribution is 0.417. The van der Waals surface area contributed by atoms with Gasteiger partial charge in [-0.15, -0.1) is 0 Å². The molecule has 61 heavy (non-hydrogen) atoms. The Hall–Kier alpha value is -5.64. The quantitative estimate of drug-likeness (QED) is 0.118. The topological polar surface area (TPSA) is 18.5 Å². The molecular formula is C58H56O2Si. The monoisotopic (exact) mass is 823 g/mol. The molecule has 2 aliphatic carbocycles. The second-order valence-electron chi connectivity index (χ2n) is 17.5. The first-order chi connectivity index (χ1) is 34.2. The van der Waals surface area contributed by atoms with Crippen LogP contribution in [0.4, 0.5) is 0 Å². The summed E-state index contributed by atoms with van der Waals surface area (Å²) in [5, 5.41) is 3.34. The standard InChI is InChI=1S/C58H56O2Si/c1-57(2)47-29-15-16-31-51(47)59-55-49(57)30-18-32-53(55)61(43-24-7-5-8-25-43,44-26-9-6-10-27-44)45-28-17-23-42(37-45)54-46(40-21-13-14-22-40)34-36-50-56(54)60-52-38-41(39-19-11-12-20-39)33-35-48(52)58(50,3)4/h5-10,15-18,23-40H,11-14,19-22H2,1-4H3/i1D3,2D3,3D3,39D,40D. The molecule has 7 aromatic carbocycles. The molecular weight excluding hydrogens is 757 g/mol. The fraction of sp³-hybridized carbons (Fsp3) is 0.276. The lowest BCUT2D eigenvalue weighted by Crippen LogP contribution is -2.75. The maximum atomic E-state index is 10.2. The zero-order valence-electron chi connectivity index (χ0n) is 45.5. The van der Waals surface area contributed by atoms with Crippen LogP contribution in [0.5, 0.6) is 23.0 Å². The average molecular weight is 824 g/mol. The summed E-state index contributed by atoms with van der Waals surface area (Å²) in [5.74, 6) is -0.724. The second-order valence-corrected chi connectivity index (χ2v) is 21.3. The number of hydrogen-bond acceptors (Lipinski definition) is 2. The molecule has 3 heteroatoms. The molecule has 0 saturated heterocycles. The molecule has 11 rings (SSSR count). The highest BCUT2D eigenvalue weighted by molar-refractivity contribution is 7.20. The van der Waals surface area contributed by atoms with E-state index >= 15 is 0 Å². The molecule has 0 spiro atoms. The van der Waals surface area contributed by atoms with E-state index in [1.807, 2.05) is 84.9 Å². The first-order valence-electron chi connectivity index (χ1n) is 27.3. The molecule has 2 nitrogen and oxygen atoms in total. The van der Waals surface area contributed by atoms with E-state index in [-0.39, 0.29) is 22.6 Å². The van der Waals surface area contributed by atoms with Gasteiger partial charge in [-0.25, -0.2) is 0 Å². The number of para-hydroxylation sites is 2. The van der Waals surface area contributed by atoms with Crippen molar-refractivity contribution in [2.45, 2.75) is 101 Å². The third-order valence-electron chi connectivity index (χ3n) is 14.0. The Morgan fingerprint density at radius 1 is 0.508 bits per heavy atom. The van der Waals surface area contributed by atoms with Crippen LogP contribution in [0.15, 0.2) is 158 Å². The molecule has 0 radical (unpaired) electrons. The Labute approximate surface area is 379 Å². The Kier molecular flexibility index (Phi) is 6.79. The van der Waals surface area contributed by atoms with Crippen molar-refractivity contribution < 1.29 is 24.6 Å². The summed E-state index contributed by atoms with van der Waals surface area (Å²) in [4.78, 5) is 0. The van der Waals surface area contributed by atoms with Crippen molar-refractivity contribution in [3.8, 4) is 34.1 Å². The summed E-state index contributed by atoms with van der Waals surface area (Å²) in [7, 11) is -3.79. The first-order valence-corrected chi connectivity index (χ1v) is 23.8. The lowest BCUT2D eigenvalue weighted by Gasteiger charge is -2.40. The van der Waals surface area contributed by atoms with Gasteiger partial charge >= 0.3 is 0 Å². The Bertz CT molecular complexity index is 3170. The molecule has 0 N–H and O–H groups in total. The van der Waals surface area contributed by atoms with Gasteiger partial charge in [-0.1, -0.05) is 199 Å². The van der Waals surface area contributed by atoms with Crippen molar-refractivity contribution >= 4 is 28.8 Å². The summed E-state index contributed by atoms with van der Waals surface area (Å²) in [5.41, 5.74) is 0.00540. The smallest absolute Gasteiger partial charge is 0.184 e. The minimum Gasteiger partial charge on any atom is -0.457 e. The normalized spacial score (nSPS) is 23.6. The third kappa shape index (κ3) is 6.02. The summed E-state index contributed by atoms with van der Waals surface area (Å²) < 4.78 is 116. The van der Waals surface area contributed by atoms with Gasteiger partial charge in [0.1, 0.15) is 23.0 Å². The predicted octanol–water partition coefficient (Wildman–Crippen LogP) is 12.9. The summed E-state index contributed by atoms with van der Waals surface area (Å²) in [6, 6.07) is 49.5. The molecule has 2 heterocycles. The molecule has 7 aromatic rings. The fourth-order valence-corrected chi connectivity index (χ4v) is 15.8. The van der Waals surface area contributed by atoms with Crippen LogP contribution in [0, 0.1) is 0 Å². The molecule has 2 fully saturated rings. The first kappa shape index (κ1) is 28.1. The molecule has 0 aromatic heterocycles. The van der Waals surface area contributed by atoms with Gasteiger partial charge in [-0.3, -0.25) is 0 Å². The number of ether oxygens (including phenoxy) is 2. The van der Waals surface area contributed by atoms with Crippen molar-refractivity contribution in [1.82, 2.24) is 0 Å². The Balaban J connectivity index is 1.23. The van der Waals surface area contributed by atoms with Crippen LogP contribution in [0.25, 0.3) is 11.1 Å². The lowest BCUT2D eigenvalue weighted by atomic mass is 9.73. The van der Waals surface area contributed by atoms with Crippen LogP contribution in [-0.2, 0) is 10.8 Å². The van der Waals surface area contributed by atoms with Gasteiger partial charge in [-0.05, 0) is 87.0 Å². The Morgan fingerprint density at radius 2 is 1.08 bits per heavy atom. The maximum absolute atomic E-state index is 10.2. The largest absolute Gasteiger partial charge is 0.457 e. The fourth-order valence-electron chi connectivity index (χ4n) is 10.9. The molecule has 1 unspecified atom stereocenters. The van der Waals surface area contributed by atoms with Crippen LogP contribution >= 0.6 is 0 Å². The number of hydrogen-bond donors (Lipinski definition) is 0.